The average molecular weight is 302 g/mol. The molecule has 0 spiro atoms. The molecule has 0 aliphatic carbocycles. The SMILES string of the molecule is CCC(C)NC(=O)C(Br)Cc1ccccc1F. The quantitative estimate of drug-likeness (QED) is 0.832. The van der Waals surface area contributed by atoms with Crippen molar-refractivity contribution in [3.8, 4) is 0 Å². The van der Waals surface area contributed by atoms with Gasteiger partial charge in [-0.05, 0) is 31.4 Å². The number of nitrogens with one attached hydrogen (secondary N) is 1. The summed E-state index contributed by atoms with van der Waals surface area (Å²) in [6.45, 7) is 3.95. The van der Waals surface area contributed by atoms with Crippen LogP contribution in [0.15, 0.2) is 24.3 Å². The van der Waals surface area contributed by atoms with Gasteiger partial charge < -0.3 is 5.32 Å². The Bertz CT molecular complexity index is 383. The maximum atomic E-state index is 13.4. The molecule has 1 amide bonds. The summed E-state index contributed by atoms with van der Waals surface area (Å²) in [7, 11) is 0. The van der Waals surface area contributed by atoms with Crippen molar-refractivity contribution in [3.05, 3.63) is 35.6 Å². The van der Waals surface area contributed by atoms with E-state index in [9.17, 15) is 9.18 Å². The number of carbonyl (C=O) groups is 1. The van der Waals surface area contributed by atoms with E-state index in [1.807, 2.05) is 13.8 Å². The molecule has 1 rings (SSSR count). The van der Waals surface area contributed by atoms with E-state index in [1.165, 1.54) is 6.07 Å². The van der Waals surface area contributed by atoms with E-state index in [-0.39, 0.29) is 17.8 Å². The summed E-state index contributed by atoms with van der Waals surface area (Å²) in [5.74, 6) is -0.365. The Morgan fingerprint density at radius 3 is 2.71 bits per heavy atom. The van der Waals surface area contributed by atoms with Gasteiger partial charge in [-0.3, -0.25) is 4.79 Å². The number of amides is 1. The normalized spacial score (nSPS) is 14.1. The molecule has 2 atom stereocenters. The van der Waals surface area contributed by atoms with E-state index >= 15 is 0 Å². The van der Waals surface area contributed by atoms with Crippen molar-refractivity contribution in [1.29, 1.82) is 0 Å². The van der Waals surface area contributed by atoms with Gasteiger partial charge in [0.25, 0.3) is 0 Å². The molecule has 4 heteroatoms. The smallest absolute Gasteiger partial charge is 0.234 e. The van der Waals surface area contributed by atoms with Gasteiger partial charge in [-0.15, -0.1) is 0 Å². The Morgan fingerprint density at radius 1 is 1.47 bits per heavy atom. The van der Waals surface area contributed by atoms with E-state index in [0.29, 0.717) is 12.0 Å². The summed E-state index contributed by atoms with van der Waals surface area (Å²) < 4.78 is 13.4. The van der Waals surface area contributed by atoms with Crippen LogP contribution in [-0.4, -0.2) is 16.8 Å². The number of rotatable bonds is 5. The zero-order chi connectivity index (χ0) is 12.8. The summed E-state index contributed by atoms with van der Waals surface area (Å²) in [6.07, 6.45) is 1.24. The first-order valence-electron chi connectivity index (χ1n) is 5.72. The second-order valence-corrected chi connectivity index (χ2v) is 5.19. The van der Waals surface area contributed by atoms with Crippen molar-refractivity contribution in [2.24, 2.45) is 0 Å². The topological polar surface area (TPSA) is 29.1 Å². The van der Waals surface area contributed by atoms with Gasteiger partial charge in [0.05, 0.1) is 4.83 Å². The lowest BCUT2D eigenvalue weighted by molar-refractivity contribution is -0.121. The van der Waals surface area contributed by atoms with Crippen molar-refractivity contribution in [3.63, 3.8) is 0 Å². The number of halogens is 2. The van der Waals surface area contributed by atoms with Crippen LogP contribution >= 0.6 is 15.9 Å². The van der Waals surface area contributed by atoms with Crippen LogP contribution in [0.5, 0.6) is 0 Å². The summed E-state index contributed by atoms with van der Waals surface area (Å²) in [5, 5.41) is 2.86. The fourth-order valence-electron chi connectivity index (χ4n) is 1.39. The van der Waals surface area contributed by atoms with Gasteiger partial charge in [-0.25, -0.2) is 4.39 Å². The molecule has 2 unspecified atom stereocenters. The lowest BCUT2D eigenvalue weighted by Gasteiger charge is -2.15. The first-order valence-corrected chi connectivity index (χ1v) is 6.64. The van der Waals surface area contributed by atoms with E-state index in [2.05, 4.69) is 21.2 Å². The molecule has 0 fully saturated rings. The van der Waals surface area contributed by atoms with Crippen LogP contribution in [-0.2, 0) is 11.2 Å². The number of carbonyl (C=O) groups excluding carboxylic acids is 1. The standard InChI is InChI=1S/C13H17BrFNO/c1-3-9(2)16-13(17)11(14)8-10-6-4-5-7-12(10)15/h4-7,9,11H,3,8H2,1-2H3,(H,16,17). The van der Waals surface area contributed by atoms with Gasteiger partial charge in [-0.1, -0.05) is 41.1 Å². The lowest BCUT2D eigenvalue weighted by Crippen LogP contribution is -2.38. The molecule has 1 N–H and O–H groups in total. The molecule has 2 nitrogen and oxygen atoms in total. The highest BCUT2D eigenvalue weighted by Gasteiger charge is 2.18. The van der Waals surface area contributed by atoms with Gasteiger partial charge in [-0.2, -0.15) is 0 Å². The highest BCUT2D eigenvalue weighted by atomic mass is 79.9. The monoisotopic (exact) mass is 301 g/mol. The molecule has 1 aromatic rings. The predicted molar refractivity (Wildman–Crippen MR) is 70.7 cm³/mol. The predicted octanol–water partition coefficient (Wildman–Crippen LogP) is 3.05. The van der Waals surface area contributed by atoms with Gasteiger partial charge in [0, 0.05) is 6.04 Å². The largest absolute Gasteiger partial charge is 0.353 e. The third-order valence-electron chi connectivity index (χ3n) is 2.64. The minimum absolute atomic E-state index is 0.0948. The number of hydrogen-bond donors (Lipinski definition) is 1. The summed E-state index contributed by atoms with van der Waals surface area (Å²) in [6, 6.07) is 6.65. The molecule has 0 radical (unpaired) electrons. The van der Waals surface area contributed by atoms with Crippen LogP contribution in [0.25, 0.3) is 0 Å². The van der Waals surface area contributed by atoms with E-state index in [0.717, 1.165) is 6.42 Å². The molecular formula is C13H17BrFNO. The van der Waals surface area contributed by atoms with Gasteiger partial charge in [0.15, 0.2) is 0 Å². The molecule has 0 bridgehead atoms. The first-order chi connectivity index (χ1) is 8.04. The van der Waals surface area contributed by atoms with Crippen molar-refractivity contribution in [2.75, 3.05) is 0 Å². The fourth-order valence-corrected chi connectivity index (χ4v) is 1.87. The third kappa shape index (κ3) is 4.46. The summed E-state index contributed by atoms with van der Waals surface area (Å²) in [5.41, 5.74) is 0.550. The van der Waals surface area contributed by atoms with Gasteiger partial charge in [0.2, 0.25) is 5.91 Å². The van der Waals surface area contributed by atoms with Crippen LogP contribution in [0, 0.1) is 5.82 Å². The molecule has 0 heterocycles. The molecule has 0 aliphatic rings. The Hall–Kier alpha value is -0.900. The highest BCUT2D eigenvalue weighted by Crippen LogP contribution is 2.14. The molecular weight excluding hydrogens is 285 g/mol. The van der Waals surface area contributed by atoms with Crippen LogP contribution < -0.4 is 5.32 Å². The minimum atomic E-state index is -0.395. The van der Waals surface area contributed by atoms with E-state index in [1.54, 1.807) is 18.2 Å². The van der Waals surface area contributed by atoms with E-state index in [4.69, 9.17) is 0 Å². The second-order valence-electron chi connectivity index (χ2n) is 4.08. The van der Waals surface area contributed by atoms with Crippen molar-refractivity contribution in [1.82, 2.24) is 5.32 Å². The second kappa shape index (κ2) is 6.74. The molecule has 0 saturated carbocycles. The molecule has 1 aromatic carbocycles. The molecule has 94 valence electrons. The molecule has 17 heavy (non-hydrogen) atoms. The Balaban J connectivity index is 2.57. The highest BCUT2D eigenvalue weighted by molar-refractivity contribution is 9.10. The van der Waals surface area contributed by atoms with Crippen LogP contribution in [0.1, 0.15) is 25.8 Å². The Kier molecular flexibility index (Phi) is 5.62. The molecule has 0 aliphatic heterocycles. The van der Waals surface area contributed by atoms with Crippen molar-refractivity contribution < 1.29 is 9.18 Å². The summed E-state index contributed by atoms with van der Waals surface area (Å²) >= 11 is 3.29. The lowest BCUT2D eigenvalue weighted by atomic mass is 10.1. The Morgan fingerprint density at radius 2 is 2.12 bits per heavy atom. The third-order valence-corrected chi connectivity index (χ3v) is 3.38. The zero-order valence-corrected chi connectivity index (χ0v) is 11.6. The fraction of sp³-hybridized carbons (Fsp3) is 0.462. The first kappa shape index (κ1) is 14.2. The maximum absolute atomic E-state index is 13.4. The van der Waals surface area contributed by atoms with E-state index < -0.39 is 4.83 Å². The average Bonchev–Trinajstić information content (AvgIpc) is 2.31. The number of hydrogen-bond acceptors (Lipinski definition) is 1. The maximum Gasteiger partial charge on any atom is 0.234 e. The van der Waals surface area contributed by atoms with Crippen molar-refractivity contribution >= 4 is 21.8 Å². The molecule has 0 aromatic heterocycles. The molecule has 0 saturated heterocycles. The van der Waals surface area contributed by atoms with Gasteiger partial charge >= 0.3 is 0 Å². The van der Waals surface area contributed by atoms with Crippen molar-refractivity contribution in [2.45, 2.75) is 37.6 Å². The summed E-state index contributed by atoms with van der Waals surface area (Å²) in [4.78, 5) is 11.4. The van der Waals surface area contributed by atoms with Crippen LogP contribution in [0.3, 0.4) is 0 Å². The number of benzene rings is 1. The minimum Gasteiger partial charge on any atom is -0.353 e. The van der Waals surface area contributed by atoms with Crippen LogP contribution in [0.2, 0.25) is 0 Å². The van der Waals surface area contributed by atoms with Crippen LogP contribution in [0.4, 0.5) is 4.39 Å². The Labute approximate surface area is 110 Å². The van der Waals surface area contributed by atoms with Gasteiger partial charge in [0.1, 0.15) is 5.82 Å². The number of alkyl halides is 1. The zero-order valence-electron chi connectivity index (χ0n) is 10.0.